The number of carbonyl (C=O) groups excluding carboxylic acids is 1. The fraction of sp³-hybridized carbons (Fsp3) is 0.476. The summed E-state index contributed by atoms with van der Waals surface area (Å²) in [5, 5.41) is 0. The molecule has 1 amide bonds. The maximum absolute atomic E-state index is 13.1. The van der Waals surface area contributed by atoms with E-state index in [1.807, 2.05) is 39.9 Å². The lowest BCUT2D eigenvalue weighted by molar-refractivity contribution is 0.0242. The van der Waals surface area contributed by atoms with E-state index in [2.05, 4.69) is 39.6 Å². The molecule has 0 aliphatic carbocycles. The number of rotatable bonds is 4. The Morgan fingerprint density at radius 1 is 1.07 bits per heavy atom. The Labute approximate surface area is 174 Å². The number of halogens is 1. The maximum Gasteiger partial charge on any atom is 0.270 e. The van der Waals surface area contributed by atoms with Crippen LogP contribution in [-0.2, 0) is 4.74 Å². The average Bonchev–Trinajstić information content (AvgIpc) is 3.19. The second-order valence-electron chi connectivity index (χ2n) is 7.39. The van der Waals surface area contributed by atoms with Gasteiger partial charge in [-0.1, -0.05) is 6.07 Å². The molecule has 0 bridgehead atoms. The molecule has 0 atom stereocenters. The number of carbonyl (C=O) groups is 1. The number of benzene rings is 1. The van der Waals surface area contributed by atoms with Gasteiger partial charge in [0, 0.05) is 48.2 Å². The van der Waals surface area contributed by atoms with Crippen molar-refractivity contribution >= 4 is 28.5 Å². The number of ether oxygens (including phenoxy) is 1. The SMILES string of the molecule is O=C(c1cccn1-c1cccc(I)c1)N1CCC(CN2CCOCC2)CC1. The number of morpholine rings is 1. The summed E-state index contributed by atoms with van der Waals surface area (Å²) in [6.45, 7) is 6.64. The van der Waals surface area contributed by atoms with Crippen molar-refractivity contribution in [1.82, 2.24) is 14.4 Å². The first kappa shape index (κ1) is 19.0. The Kier molecular flexibility index (Phi) is 6.14. The van der Waals surface area contributed by atoms with Crippen LogP contribution >= 0.6 is 22.6 Å². The summed E-state index contributed by atoms with van der Waals surface area (Å²) in [5.41, 5.74) is 1.79. The first-order valence-corrected chi connectivity index (χ1v) is 10.8. The topological polar surface area (TPSA) is 37.7 Å². The third-order valence-electron chi connectivity index (χ3n) is 5.58. The lowest BCUT2D eigenvalue weighted by Gasteiger charge is -2.36. The number of aromatic nitrogens is 1. The van der Waals surface area contributed by atoms with E-state index in [0.717, 1.165) is 70.2 Å². The van der Waals surface area contributed by atoms with E-state index in [-0.39, 0.29) is 5.91 Å². The smallest absolute Gasteiger partial charge is 0.270 e. The van der Waals surface area contributed by atoms with Crippen LogP contribution < -0.4 is 0 Å². The summed E-state index contributed by atoms with van der Waals surface area (Å²) in [6, 6.07) is 12.1. The molecule has 2 aliphatic heterocycles. The highest BCUT2D eigenvalue weighted by Gasteiger charge is 2.27. The van der Waals surface area contributed by atoms with E-state index in [1.165, 1.54) is 3.57 Å². The second-order valence-corrected chi connectivity index (χ2v) is 8.64. The van der Waals surface area contributed by atoms with Crippen molar-refractivity contribution in [1.29, 1.82) is 0 Å². The van der Waals surface area contributed by atoms with Gasteiger partial charge >= 0.3 is 0 Å². The Morgan fingerprint density at radius 3 is 2.59 bits per heavy atom. The van der Waals surface area contributed by atoms with Gasteiger partial charge in [0.1, 0.15) is 5.69 Å². The van der Waals surface area contributed by atoms with Gasteiger partial charge in [-0.15, -0.1) is 0 Å². The molecule has 0 radical (unpaired) electrons. The molecule has 2 aliphatic rings. The zero-order valence-corrected chi connectivity index (χ0v) is 17.7. The van der Waals surface area contributed by atoms with Crippen LogP contribution in [0.2, 0.25) is 0 Å². The van der Waals surface area contributed by atoms with Gasteiger partial charge in [0.05, 0.1) is 13.2 Å². The van der Waals surface area contributed by atoms with Crippen molar-refractivity contribution in [2.24, 2.45) is 5.92 Å². The van der Waals surface area contributed by atoms with Crippen LogP contribution in [0.3, 0.4) is 0 Å². The predicted octanol–water partition coefficient (Wildman–Crippen LogP) is 3.27. The minimum absolute atomic E-state index is 0.142. The summed E-state index contributed by atoms with van der Waals surface area (Å²) in [5.74, 6) is 0.832. The third kappa shape index (κ3) is 4.55. The fourth-order valence-corrected chi connectivity index (χ4v) is 4.56. The van der Waals surface area contributed by atoms with Gasteiger partial charge in [-0.3, -0.25) is 9.69 Å². The molecular weight excluding hydrogens is 453 g/mol. The second kappa shape index (κ2) is 8.75. The molecular formula is C21H26IN3O2. The number of nitrogens with zero attached hydrogens (tertiary/aromatic N) is 3. The van der Waals surface area contributed by atoms with Crippen LogP contribution in [0.4, 0.5) is 0 Å². The Morgan fingerprint density at radius 2 is 1.85 bits per heavy atom. The van der Waals surface area contributed by atoms with E-state index in [1.54, 1.807) is 0 Å². The molecule has 0 spiro atoms. The predicted molar refractivity (Wildman–Crippen MR) is 114 cm³/mol. The van der Waals surface area contributed by atoms with Gasteiger partial charge in [-0.05, 0) is 71.7 Å². The number of hydrogen-bond donors (Lipinski definition) is 0. The van der Waals surface area contributed by atoms with Crippen molar-refractivity contribution in [2.75, 3.05) is 45.9 Å². The van der Waals surface area contributed by atoms with E-state index in [0.29, 0.717) is 5.92 Å². The van der Waals surface area contributed by atoms with Gasteiger partial charge in [0.15, 0.2) is 0 Å². The van der Waals surface area contributed by atoms with Crippen molar-refractivity contribution in [3.63, 3.8) is 0 Å². The third-order valence-corrected chi connectivity index (χ3v) is 6.25. The van der Waals surface area contributed by atoms with Gasteiger partial charge < -0.3 is 14.2 Å². The molecule has 5 nitrogen and oxygen atoms in total. The summed E-state index contributed by atoms with van der Waals surface area (Å²) in [6.07, 6.45) is 4.16. The van der Waals surface area contributed by atoms with E-state index < -0.39 is 0 Å². The van der Waals surface area contributed by atoms with Gasteiger partial charge in [0.25, 0.3) is 5.91 Å². The molecule has 0 N–H and O–H groups in total. The monoisotopic (exact) mass is 479 g/mol. The maximum atomic E-state index is 13.1. The molecule has 2 aromatic rings. The summed E-state index contributed by atoms with van der Waals surface area (Å²) in [7, 11) is 0. The molecule has 6 heteroatoms. The summed E-state index contributed by atoms with van der Waals surface area (Å²) >= 11 is 2.31. The molecule has 144 valence electrons. The first-order valence-electron chi connectivity index (χ1n) is 9.73. The highest BCUT2D eigenvalue weighted by Crippen LogP contribution is 2.22. The standard InChI is InChI=1S/C21H26IN3O2/c22-18-3-1-4-19(15-18)25-8-2-5-20(25)21(26)24-9-6-17(7-10-24)16-23-11-13-27-14-12-23/h1-5,8,15,17H,6-7,9-14,16H2. The minimum Gasteiger partial charge on any atom is -0.379 e. The number of likely N-dealkylation sites (tertiary alicyclic amines) is 1. The zero-order valence-electron chi connectivity index (χ0n) is 15.5. The molecule has 1 aromatic heterocycles. The fourth-order valence-electron chi connectivity index (χ4n) is 4.04. The summed E-state index contributed by atoms with van der Waals surface area (Å²) in [4.78, 5) is 17.6. The quantitative estimate of drug-likeness (QED) is 0.632. The van der Waals surface area contributed by atoms with Gasteiger partial charge in [-0.2, -0.15) is 0 Å². The number of hydrogen-bond acceptors (Lipinski definition) is 3. The molecule has 2 fully saturated rings. The van der Waals surface area contributed by atoms with Crippen LogP contribution in [-0.4, -0.2) is 66.2 Å². The number of piperidine rings is 1. The van der Waals surface area contributed by atoms with Crippen LogP contribution in [0, 0.1) is 9.49 Å². The zero-order chi connectivity index (χ0) is 18.6. The van der Waals surface area contributed by atoms with Crippen molar-refractivity contribution in [3.8, 4) is 5.69 Å². The van der Waals surface area contributed by atoms with Crippen molar-refractivity contribution in [2.45, 2.75) is 12.8 Å². The lowest BCUT2D eigenvalue weighted by Crippen LogP contribution is -2.44. The molecule has 3 heterocycles. The Balaban J connectivity index is 1.38. The lowest BCUT2D eigenvalue weighted by atomic mass is 9.96. The van der Waals surface area contributed by atoms with E-state index in [4.69, 9.17) is 4.74 Å². The van der Waals surface area contributed by atoms with Gasteiger partial charge in [0.2, 0.25) is 0 Å². The van der Waals surface area contributed by atoms with Crippen LogP contribution in [0.25, 0.3) is 5.69 Å². The number of amides is 1. The highest BCUT2D eigenvalue weighted by molar-refractivity contribution is 14.1. The van der Waals surface area contributed by atoms with Crippen LogP contribution in [0.5, 0.6) is 0 Å². The Bertz CT molecular complexity index is 777. The van der Waals surface area contributed by atoms with Crippen LogP contribution in [0.1, 0.15) is 23.3 Å². The van der Waals surface area contributed by atoms with Crippen molar-refractivity contribution in [3.05, 3.63) is 51.9 Å². The molecule has 2 saturated heterocycles. The molecule has 1 aromatic carbocycles. The Hall–Kier alpha value is -1.38. The van der Waals surface area contributed by atoms with Crippen molar-refractivity contribution < 1.29 is 9.53 Å². The van der Waals surface area contributed by atoms with E-state index in [9.17, 15) is 4.79 Å². The normalized spacial score (nSPS) is 19.4. The van der Waals surface area contributed by atoms with Crippen LogP contribution in [0.15, 0.2) is 42.6 Å². The minimum atomic E-state index is 0.142. The van der Waals surface area contributed by atoms with E-state index >= 15 is 0 Å². The average molecular weight is 479 g/mol. The molecule has 27 heavy (non-hydrogen) atoms. The molecule has 0 unspecified atom stereocenters. The molecule has 4 rings (SSSR count). The molecule has 0 saturated carbocycles. The van der Waals surface area contributed by atoms with Gasteiger partial charge in [-0.25, -0.2) is 0 Å². The summed E-state index contributed by atoms with van der Waals surface area (Å²) < 4.78 is 8.61. The highest BCUT2D eigenvalue weighted by atomic mass is 127. The largest absolute Gasteiger partial charge is 0.379 e. The first-order chi connectivity index (χ1) is 13.2.